The predicted octanol–water partition coefficient (Wildman–Crippen LogP) is 8.26. The molecular formula is C26H22F6INO3. The van der Waals surface area contributed by atoms with Gasteiger partial charge in [-0.25, -0.2) is 0 Å². The Labute approximate surface area is 222 Å². The molecule has 0 aliphatic heterocycles. The van der Waals surface area contributed by atoms with E-state index in [0.717, 1.165) is 12.1 Å². The molecule has 2 N–H and O–H groups in total. The van der Waals surface area contributed by atoms with Crippen molar-refractivity contribution in [2.24, 2.45) is 0 Å². The summed E-state index contributed by atoms with van der Waals surface area (Å²) >= 11 is 2.13. The average molecular weight is 637 g/mol. The van der Waals surface area contributed by atoms with Crippen LogP contribution in [0.3, 0.4) is 0 Å². The van der Waals surface area contributed by atoms with Crippen LogP contribution in [-0.4, -0.2) is 21.4 Å². The number of carbonyl (C=O) groups is 1. The molecule has 4 nitrogen and oxygen atoms in total. The Bertz CT molecular complexity index is 1210. The molecule has 3 aromatic rings. The molecule has 0 bridgehead atoms. The number of hydrogen-bond acceptors (Lipinski definition) is 3. The molecule has 0 saturated heterocycles. The van der Waals surface area contributed by atoms with Crippen LogP contribution in [0.2, 0.25) is 0 Å². The van der Waals surface area contributed by atoms with Crippen molar-refractivity contribution in [3.05, 3.63) is 83.4 Å². The zero-order valence-corrected chi connectivity index (χ0v) is 21.5. The second-order valence-corrected chi connectivity index (χ2v) is 10.5. The van der Waals surface area contributed by atoms with Gasteiger partial charge in [0.2, 0.25) is 0 Å². The lowest BCUT2D eigenvalue weighted by atomic mass is 9.91. The molecule has 11 heteroatoms. The number of halogens is 7. The number of benzene rings is 3. The smallest absolute Gasteiger partial charge is 0.481 e. The number of anilines is 1. The van der Waals surface area contributed by atoms with Crippen molar-refractivity contribution < 1.29 is 41.0 Å². The summed E-state index contributed by atoms with van der Waals surface area (Å²) < 4.78 is 80.0. The lowest BCUT2D eigenvalue weighted by Gasteiger charge is -2.18. The number of alkyl halides is 7. The van der Waals surface area contributed by atoms with Gasteiger partial charge in [0.15, 0.2) is 0 Å². The van der Waals surface area contributed by atoms with Crippen molar-refractivity contribution in [3.8, 4) is 16.9 Å². The van der Waals surface area contributed by atoms with Crippen molar-refractivity contribution in [3.63, 3.8) is 0 Å². The van der Waals surface area contributed by atoms with E-state index < -0.39 is 30.0 Å². The highest BCUT2D eigenvalue weighted by atomic mass is 127. The molecule has 2 atom stereocenters. The molecule has 1 unspecified atom stereocenters. The van der Waals surface area contributed by atoms with Gasteiger partial charge in [0.25, 0.3) is 0 Å². The Morgan fingerprint density at radius 3 is 2.08 bits per heavy atom. The van der Waals surface area contributed by atoms with Crippen LogP contribution in [0.15, 0.2) is 66.7 Å². The van der Waals surface area contributed by atoms with Crippen molar-refractivity contribution in [2.75, 3.05) is 5.32 Å². The lowest BCUT2D eigenvalue weighted by molar-refractivity contribution is -0.274. The maximum absolute atomic E-state index is 13.0. The third-order valence-corrected chi connectivity index (χ3v) is 5.92. The summed E-state index contributed by atoms with van der Waals surface area (Å²) in [6, 6.07) is 14.8. The molecule has 0 aromatic heterocycles. The molecular weight excluding hydrogens is 615 g/mol. The molecule has 0 heterocycles. The summed E-state index contributed by atoms with van der Waals surface area (Å²) in [5.74, 6) is -2.24. The van der Waals surface area contributed by atoms with E-state index in [-0.39, 0.29) is 16.2 Å². The number of aliphatic carboxylic acids is 1. The highest BCUT2D eigenvalue weighted by Crippen LogP contribution is 2.35. The maximum atomic E-state index is 13.0. The number of hydrogen-bond donors (Lipinski definition) is 2. The number of rotatable bonds is 9. The third kappa shape index (κ3) is 8.54. The number of nitrogens with one attached hydrogen (secondary N) is 1. The molecule has 3 aromatic carbocycles. The Balaban J connectivity index is 1.92. The van der Waals surface area contributed by atoms with Gasteiger partial charge in [-0.2, -0.15) is 13.2 Å². The molecule has 0 spiro atoms. The van der Waals surface area contributed by atoms with Crippen LogP contribution >= 0.6 is 22.6 Å². The molecule has 198 valence electrons. The van der Waals surface area contributed by atoms with E-state index in [1.807, 2.05) is 6.92 Å². The molecule has 0 fully saturated rings. The topological polar surface area (TPSA) is 58.6 Å². The largest absolute Gasteiger partial charge is 0.573 e. The summed E-state index contributed by atoms with van der Waals surface area (Å²) in [7, 11) is 0. The zero-order chi connectivity index (χ0) is 27.4. The summed E-state index contributed by atoms with van der Waals surface area (Å²) in [5, 5.41) is 13.0. The molecule has 0 aliphatic carbocycles. The molecule has 0 saturated carbocycles. The molecule has 0 radical (unpaired) electrons. The number of carboxylic acid groups (broad SMARTS) is 1. The highest BCUT2D eigenvalue weighted by Gasteiger charge is 2.31. The third-order valence-electron chi connectivity index (χ3n) is 5.42. The first-order valence-electron chi connectivity index (χ1n) is 11.0. The molecule has 0 amide bonds. The van der Waals surface area contributed by atoms with Crippen LogP contribution in [0.5, 0.6) is 5.75 Å². The summed E-state index contributed by atoms with van der Waals surface area (Å²) in [6.45, 7) is 2.07. The Morgan fingerprint density at radius 1 is 0.946 bits per heavy atom. The fourth-order valence-corrected chi connectivity index (χ4v) is 4.20. The summed E-state index contributed by atoms with van der Waals surface area (Å²) in [5.41, 5.74) is 1.81. The lowest BCUT2D eigenvalue weighted by Crippen LogP contribution is -2.17. The van der Waals surface area contributed by atoms with Crippen LogP contribution in [0.4, 0.5) is 32.0 Å². The number of ether oxygens (including phenoxy) is 1. The van der Waals surface area contributed by atoms with E-state index in [2.05, 4.69) is 32.6 Å². The van der Waals surface area contributed by atoms with Gasteiger partial charge in [-0.1, -0.05) is 59.8 Å². The second kappa shape index (κ2) is 11.6. The molecule has 0 aliphatic rings. The van der Waals surface area contributed by atoms with Crippen LogP contribution in [0.1, 0.15) is 36.0 Å². The van der Waals surface area contributed by atoms with Crippen molar-refractivity contribution in [1.82, 2.24) is 0 Å². The summed E-state index contributed by atoms with van der Waals surface area (Å²) in [6.07, 6.45) is -8.95. The van der Waals surface area contributed by atoms with Crippen molar-refractivity contribution in [1.29, 1.82) is 0 Å². The first-order valence-corrected chi connectivity index (χ1v) is 12.2. The predicted molar refractivity (Wildman–Crippen MR) is 136 cm³/mol. The monoisotopic (exact) mass is 637 g/mol. The van der Waals surface area contributed by atoms with Gasteiger partial charge in [0, 0.05) is 16.2 Å². The van der Waals surface area contributed by atoms with Gasteiger partial charge in [-0.15, -0.1) is 13.2 Å². The van der Waals surface area contributed by atoms with Crippen molar-refractivity contribution >= 4 is 34.2 Å². The van der Waals surface area contributed by atoms with Gasteiger partial charge < -0.3 is 15.2 Å². The standard InChI is InChI=1S/C26H22F6INO3/c1-15(33)10-23(24(35)36)19-11-18(17-4-6-20(7-5-17)25(27,28)29)12-21(13-19)34-14-16-2-8-22(9-3-16)37-26(30,31)32/h2-9,11-13,15,23,34H,10,14H2,1H3,(H,35,36)/t15?,23-/m1/s1. The molecule has 37 heavy (non-hydrogen) atoms. The van der Waals surface area contributed by atoms with E-state index in [4.69, 9.17) is 0 Å². The van der Waals surface area contributed by atoms with E-state index >= 15 is 0 Å². The van der Waals surface area contributed by atoms with E-state index in [0.29, 0.717) is 34.4 Å². The van der Waals surface area contributed by atoms with Gasteiger partial charge >= 0.3 is 18.5 Å². The minimum absolute atomic E-state index is 0.0438. The van der Waals surface area contributed by atoms with Crippen LogP contribution in [0.25, 0.3) is 11.1 Å². The average Bonchev–Trinajstić information content (AvgIpc) is 2.80. The van der Waals surface area contributed by atoms with Crippen LogP contribution in [-0.2, 0) is 17.5 Å². The fraction of sp³-hybridized carbons (Fsp3) is 0.269. The van der Waals surface area contributed by atoms with Crippen LogP contribution in [0, 0.1) is 0 Å². The zero-order valence-electron chi connectivity index (χ0n) is 19.3. The quantitative estimate of drug-likeness (QED) is 0.141. The summed E-state index contributed by atoms with van der Waals surface area (Å²) in [4.78, 5) is 12.0. The molecule has 3 rings (SSSR count). The first-order chi connectivity index (χ1) is 17.2. The maximum Gasteiger partial charge on any atom is 0.573 e. The fourth-order valence-electron chi connectivity index (χ4n) is 3.69. The number of carboxylic acids is 1. The Hall–Kier alpha value is -2.96. The van der Waals surface area contributed by atoms with Crippen LogP contribution < -0.4 is 10.1 Å². The van der Waals surface area contributed by atoms with Gasteiger partial charge in [0.1, 0.15) is 5.75 Å². The normalized spacial score (nSPS) is 13.6. The minimum Gasteiger partial charge on any atom is -0.481 e. The second-order valence-electron chi connectivity index (χ2n) is 8.37. The van der Waals surface area contributed by atoms with Gasteiger partial charge in [-0.05, 0) is 65.1 Å². The SMILES string of the molecule is CC(I)C[C@@H](C(=O)O)c1cc(NCc2ccc(OC(F)(F)F)cc2)cc(-c2ccc(C(F)(F)F)cc2)c1. The van der Waals surface area contributed by atoms with E-state index in [1.165, 1.54) is 36.4 Å². The Morgan fingerprint density at radius 2 is 1.57 bits per heavy atom. The Kier molecular flexibility index (Phi) is 8.98. The van der Waals surface area contributed by atoms with Gasteiger partial charge in [-0.3, -0.25) is 4.79 Å². The van der Waals surface area contributed by atoms with Gasteiger partial charge in [0.05, 0.1) is 11.5 Å². The van der Waals surface area contributed by atoms with E-state index in [9.17, 15) is 36.2 Å². The van der Waals surface area contributed by atoms with Crippen molar-refractivity contribution in [2.45, 2.75) is 42.3 Å². The first kappa shape index (κ1) is 28.6. The minimum atomic E-state index is -4.80. The van der Waals surface area contributed by atoms with E-state index in [1.54, 1.807) is 18.2 Å². The highest BCUT2D eigenvalue weighted by molar-refractivity contribution is 14.1.